The zero-order chi connectivity index (χ0) is 32.6. The molecule has 0 saturated carbocycles. The van der Waals surface area contributed by atoms with E-state index in [1.807, 2.05) is 47.7 Å². The van der Waals surface area contributed by atoms with Crippen LogP contribution in [0.15, 0.2) is 146 Å². The Morgan fingerprint density at radius 1 is 0.429 bits per heavy atom. The molecule has 0 radical (unpaired) electrons. The Kier molecular flexibility index (Phi) is 5.84. The lowest BCUT2D eigenvalue weighted by Crippen LogP contribution is -1.96. The third-order valence-electron chi connectivity index (χ3n) is 9.74. The van der Waals surface area contributed by atoms with Crippen LogP contribution in [0.1, 0.15) is 11.1 Å². The minimum atomic E-state index is 0.595. The van der Waals surface area contributed by atoms with E-state index in [1.54, 1.807) is 0 Å². The molecule has 226 valence electrons. The van der Waals surface area contributed by atoms with Crippen molar-refractivity contribution in [3.63, 3.8) is 0 Å². The van der Waals surface area contributed by atoms with Gasteiger partial charge >= 0.3 is 0 Å². The maximum Gasteiger partial charge on any atom is 0.0991 e. The first kappa shape index (κ1) is 27.5. The molecule has 7 aromatic carbocycles. The fourth-order valence-electron chi connectivity index (χ4n) is 7.62. The second kappa shape index (κ2) is 10.4. The summed E-state index contributed by atoms with van der Waals surface area (Å²) in [6.45, 7) is 0. The van der Waals surface area contributed by atoms with Gasteiger partial charge in [-0.1, -0.05) is 66.7 Å². The van der Waals surface area contributed by atoms with Crippen LogP contribution in [0.2, 0.25) is 0 Å². The number of rotatable bonds is 3. The van der Waals surface area contributed by atoms with E-state index in [0.717, 1.165) is 44.3 Å². The SMILES string of the molecule is N#Cc1ccc2c(c1)c1cc(C#N)ccc1n2-c1cccc(-c2cccc(-n3c4ccccc4c4ccc5sc6ccccc6c5c43)c2)c1. The largest absolute Gasteiger partial charge is 0.309 e. The zero-order valence-corrected chi connectivity index (χ0v) is 26.9. The van der Waals surface area contributed by atoms with Gasteiger partial charge in [0.1, 0.15) is 0 Å². The predicted octanol–water partition coefficient (Wildman–Crippen LogP) is 11.7. The Labute approximate surface area is 285 Å². The minimum Gasteiger partial charge on any atom is -0.309 e. The highest BCUT2D eigenvalue weighted by Gasteiger charge is 2.19. The second-order valence-corrected chi connectivity index (χ2v) is 13.5. The molecule has 0 atom stereocenters. The minimum absolute atomic E-state index is 0.595. The molecule has 0 aliphatic carbocycles. The lowest BCUT2D eigenvalue weighted by molar-refractivity contribution is 1.18. The summed E-state index contributed by atoms with van der Waals surface area (Å²) in [4.78, 5) is 0. The molecule has 3 heterocycles. The fourth-order valence-corrected chi connectivity index (χ4v) is 8.73. The van der Waals surface area contributed by atoms with Crippen LogP contribution in [-0.2, 0) is 0 Å². The third-order valence-corrected chi connectivity index (χ3v) is 10.9. The number of nitrogens with zero attached hydrogens (tertiary/aromatic N) is 4. The molecule has 0 amide bonds. The molecule has 4 nitrogen and oxygen atoms in total. The van der Waals surface area contributed by atoms with Crippen molar-refractivity contribution in [1.82, 2.24) is 9.13 Å². The molecule has 0 N–H and O–H groups in total. The van der Waals surface area contributed by atoms with Crippen molar-refractivity contribution >= 4 is 75.1 Å². The van der Waals surface area contributed by atoms with Crippen LogP contribution < -0.4 is 0 Å². The van der Waals surface area contributed by atoms with E-state index in [0.29, 0.717) is 11.1 Å². The average Bonchev–Trinajstić information content (AvgIpc) is 3.82. The number of benzene rings is 7. The highest BCUT2D eigenvalue weighted by Crippen LogP contribution is 2.43. The topological polar surface area (TPSA) is 57.4 Å². The molecule has 0 unspecified atom stereocenters. The van der Waals surface area contributed by atoms with Crippen molar-refractivity contribution in [3.8, 4) is 34.6 Å². The zero-order valence-electron chi connectivity index (χ0n) is 26.1. The monoisotopic (exact) mass is 640 g/mol. The van der Waals surface area contributed by atoms with Gasteiger partial charge in [-0.15, -0.1) is 11.3 Å². The normalized spacial score (nSPS) is 11.6. The molecule has 0 spiro atoms. The number of hydrogen-bond acceptors (Lipinski definition) is 3. The quantitative estimate of drug-likeness (QED) is 0.193. The summed E-state index contributed by atoms with van der Waals surface area (Å²) in [5, 5.41) is 26.3. The predicted molar refractivity (Wildman–Crippen MR) is 203 cm³/mol. The Morgan fingerprint density at radius 3 is 1.69 bits per heavy atom. The molecule has 10 rings (SSSR count). The van der Waals surface area contributed by atoms with E-state index >= 15 is 0 Å². The second-order valence-electron chi connectivity index (χ2n) is 12.4. The average molecular weight is 641 g/mol. The molecule has 5 heteroatoms. The molecule has 0 aliphatic heterocycles. The molecule has 0 fully saturated rings. The van der Waals surface area contributed by atoms with Crippen LogP contribution in [0, 0.1) is 22.7 Å². The summed E-state index contributed by atoms with van der Waals surface area (Å²) in [7, 11) is 0. The van der Waals surface area contributed by atoms with Crippen LogP contribution >= 0.6 is 11.3 Å². The Bertz CT molecular complexity index is 3010. The first-order valence-corrected chi connectivity index (χ1v) is 16.9. The Balaban J connectivity index is 1.19. The summed E-state index contributed by atoms with van der Waals surface area (Å²) in [6.07, 6.45) is 0. The van der Waals surface area contributed by atoms with Crippen molar-refractivity contribution in [2.75, 3.05) is 0 Å². The molecule has 0 saturated heterocycles. The van der Waals surface area contributed by atoms with Gasteiger partial charge in [0, 0.05) is 53.1 Å². The smallest absolute Gasteiger partial charge is 0.0991 e. The summed E-state index contributed by atoms with van der Waals surface area (Å²) >= 11 is 1.85. The standard InChI is InChI=1S/C44H24N4S/c45-25-27-15-18-39-36(21-27)37-22-28(26-46)16-19-40(37)47(39)31-9-5-7-29(23-31)30-8-6-10-32(24-30)48-38-13-3-1-11-33(38)34-17-20-42-43(44(34)48)35-12-2-4-14-41(35)49-42/h1-24H. The van der Waals surface area contributed by atoms with Gasteiger partial charge in [0.25, 0.3) is 0 Å². The Morgan fingerprint density at radius 2 is 1.02 bits per heavy atom. The molecular weight excluding hydrogens is 617 g/mol. The van der Waals surface area contributed by atoms with Crippen molar-refractivity contribution < 1.29 is 0 Å². The molecule has 49 heavy (non-hydrogen) atoms. The van der Waals surface area contributed by atoms with Gasteiger partial charge in [0.2, 0.25) is 0 Å². The van der Waals surface area contributed by atoms with E-state index < -0.39 is 0 Å². The van der Waals surface area contributed by atoms with Crippen LogP contribution in [0.4, 0.5) is 0 Å². The van der Waals surface area contributed by atoms with Gasteiger partial charge < -0.3 is 9.13 Å². The lowest BCUT2D eigenvalue weighted by Gasteiger charge is -2.13. The number of aromatic nitrogens is 2. The molecule has 0 aliphatic rings. The van der Waals surface area contributed by atoms with Gasteiger partial charge in [-0.2, -0.15) is 10.5 Å². The molecular formula is C44H24N4S. The van der Waals surface area contributed by atoms with Gasteiger partial charge in [-0.25, -0.2) is 0 Å². The molecule has 10 aromatic rings. The first-order chi connectivity index (χ1) is 24.2. The fraction of sp³-hybridized carbons (Fsp3) is 0. The summed E-state index contributed by atoms with van der Waals surface area (Å²) in [5.41, 5.74) is 9.94. The number of nitriles is 2. The van der Waals surface area contributed by atoms with Gasteiger partial charge in [0.15, 0.2) is 0 Å². The van der Waals surface area contributed by atoms with E-state index in [9.17, 15) is 10.5 Å². The number of para-hydroxylation sites is 1. The number of hydrogen-bond donors (Lipinski definition) is 0. The van der Waals surface area contributed by atoms with Crippen LogP contribution in [0.3, 0.4) is 0 Å². The lowest BCUT2D eigenvalue weighted by atomic mass is 10.0. The van der Waals surface area contributed by atoms with Crippen LogP contribution in [0.5, 0.6) is 0 Å². The number of fused-ring (bicyclic) bond motifs is 10. The summed E-state index contributed by atoms with van der Waals surface area (Å²) < 4.78 is 7.25. The van der Waals surface area contributed by atoms with Crippen molar-refractivity contribution in [1.29, 1.82) is 10.5 Å². The Hall–Kier alpha value is -6.66. The van der Waals surface area contributed by atoms with E-state index in [1.165, 1.54) is 42.0 Å². The van der Waals surface area contributed by atoms with Gasteiger partial charge in [-0.05, 0) is 90.0 Å². The maximum absolute atomic E-state index is 9.64. The highest BCUT2D eigenvalue weighted by atomic mass is 32.1. The molecule has 0 bridgehead atoms. The summed E-state index contributed by atoms with van der Waals surface area (Å²) in [5.74, 6) is 0. The van der Waals surface area contributed by atoms with Crippen LogP contribution in [-0.4, -0.2) is 9.13 Å². The van der Waals surface area contributed by atoms with Crippen molar-refractivity contribution in [3.05, 3.63) is 157 Å². The maximum atomic E-state index is 9.64. The van der Waals surface area contributed by atoms with Gasteiger partial charge in [-0.3, -0.25) is 0 Å². The van der Waals surface area contributed by atoms with Crippen molar-refractivity contribution in [2.24, 2.45) is 0 Å². The van der Waals surface area contributed by atoms with Crippen LogP contribution in [0.25, 0.3) is 86.3 Å². The van der Waals surface area contributed by atoms with E-state index in [-0.39, 0.29) is 0 Å². The third kappa shape index (κ3) is 4.01. The first-order valence-electron chi connectivity index (χ1n) is 16.1. The number of thiophene rings is 1. The van der Waals surface area contributed by atoms with E-state index in [2.05, 4.69) is 130 Å². The van der Waals surface area contributed by atoms with Crippen molar-refractivity contribution in [2.45, 2.75) is 0 Å². The molecule has 3 aromatic heterocycles. The van der Waals surface area contributed by atoms with Gasteiger partial charge in [0.05, 0.1) is 45.3 Å². The van der Waals surface area contributed by atoms with E-state index in [4.69, 9.17) is 0 Å². The highest BCUT2D eigenvalue weighted by molar-refractivity contribution is 7.26. The summed E-state index contributed by atoms with van der Waals surface area (Å²) in [6, 6.07) is 55.5.